The molecule has 4 rings (SSSR count). The van der Waals surface area contributed by atoms with E-state index in [0.29, 0.717) is 43.5 Å². The van der Waals surface area contributed by atoms with E-state index < -0.39 is 192 Å². The first-order valence-electron chi connectivity index (χ1n) is 36.3. The minimum absolute atomic E-state index is 0.0458. The Morgan fingerprint density at radius 2 is 1.02 bits per heavy atom. The highest BCUT2D eigenvalue weighted by atomic mass is 16.3. The van der Waals surface area contributed by atoms with Gasteiger partial charge in [0.05, 0.1) is 48.7 Å². The smallest absolute Gasteiger partial charge is 0.246 e. The molecule has 556 valence electrons. The quantitative estimate of drug-likeness (QED) is 0.145. The average molecular weight is 1390 g/mol. The maximum absolute atomic E-state index is 15.3. The molecule has 2 aromatic rings. The van der Waals surface area contributed by atoms with Crippen molar-refractivity contribution in [2.24, 2.45) is 53.3 Å². The molecule has 0 unspecified atom stereocenters. The first kappa shape index (κ1) is 84.7. The Bertz CT molecular complexity index is 3110. The summed E-state index contributed by atoms with van der Waals surface area (Å²) in [5, 5.41) is 19.7. The van der Waals surface area contributed by atoms with Gasteiger partial charge in [0.15, 0.2) is 23.1 Å². The summed E-state index contributed by atoms with van der Waals surface area (Å²) in [6.45, 7) is 22.9. The molecule has 13 atom stereocenters. The van der Waals surface area contributed by atoms with Gasteiger partial charge in [0.25, 0.3) is 0 Å². The molecule has 0 aromatic heterocycles. The largest absolute Gasteiger partial charge is 0.393 e. The number of ketones is 4. The van der Waals surface area contributed by atoms with Crippen molar-refractivity contribution in [2.75, 3.05) is 54.9 Å². The number of carbonyl (C=O) groups excluding carboxylic acids is 13. The fraction of sp³-hybridized carbons (Fsp3) is 0.675. The van der Waals surface area contributed by atoms with Crippen molar-refractivity contribution in [3.8, 4) is 0 Å². The molecule has 2 aromatic carbocycles. The van der Waals surface area contributed by atoms with Crippen molar-refractivity contribution in [3.63, 3.8) is 0 Å². The number of hydrogen-bond donors (Lipinski definition) is 4. The van der Waals surface area contributed by atoms with Gasteiger partial charge >= 0.3 is 0 Å². The summed E-state index contributed by atoms with van der Waals surface area (Å²) in [6.07, 6.45) is -0.485. The van der Waals surface area contributed by atoms with E-state index in [9.17, 15) is 48.3 Å². The van der Waals surface area contributed by atoms with Gasteiger partial charge in [-0.1, -0.05) is 136 Å². The monoisotopic (exact) mass is 1390 g/mol. The van der Waals surface area contributed by atoms with Gasteiger partial charge in [0, 0.05) is 92.3 Å². The predicted molar refractivity (Wildman–Crippen MR) is 383 cm³/mol. The molecule has 2 aliphatic heterocycles. The zero-order valence-corrected chi connectivity index (χ0v) is 63.0. The number of likely N-dealkylation sites (N-methyl/N-ethyl adjacent to an activating group) is 5. The number of amides is 9. The van der Waals surface area contributed by atoms with E-state index in [2.05, 4.69) is 16.0 Å². The van der Waals surface area contributed by atoms with Crippen LogP contribution in [0.3, 0.4) is 0 Å². The van der Waals surface area contributed by atoms with E-state index in [1.807, 2.05) is 73.6 Å². The van der Waals surface area contributed by atoms with Crippen LogP contribution in [0.15, 0.2) is 60.7 Å². The number of hydrogen-bond acceptors (Lipinski definition) is 14. The first-order chi connectivity index (χ1) is 46.9. The van der Waals surface area contributed by atoms with Crippen molar-refractivity contribution in [2.45, 2.75) is 228 Å². The highest BCUT2D eigenvalue weighted by Gasteiger charge is 2.44. The van der Waals surface area contributed by atoms with Crippen LogP contribution < -0.4 is 16.0 Å². The van der Waals surface area contributed by atoms with Gasteiger partial charge in [0.1, 0.15) is 18.1 Å². The minimum Gasteiger partial charge on any atom is -0.393 e. The molecule has 4 N–H and O–H groups in total. The zero-order valence-electron chi connectivity index (χ0n) is 63.0. The second-order valence-corrected chi connectivity index (χ2v) is 30.1. The van der Waals surface area contributed by atoms with Gasteiger partial charge in [0.2, 0.25) is 53.2 Å². The van der Waals surface area contributed by atoms with E-state index in [-0.39, 0.29) is 56.3 Å². The SMILES string of the molecule is CC[C@H](C)[C@H]1C(=O)N(C)[C@@H](CC(C)C)C(=O)NCC(=O)N(C)[C@@H](C)C(=O)N[C@@H](Cc2ccccc2)C(=O)C[C@@H]([C@@H](C)O)C(=O)N(C)[C@@H](CC(C)C)C(=O)C[C@@H](Cc2ccccc2)C(=O)N(C)[C@@H](C(C)C)C(=O)C[C@H](C(=O)N2CCCCC2)CC(=O)N[C@@H](C)C(=O)C[C@@H](CC(C)C)C(=O)N1C. The van der Waals surface area contributed by atoms with Crippen molar-refractivity contribution >= 4 is 76.3 Å². The summed E-state index contributed by atoms with van der Waals surface area (Å²) in [6, 6.07) is 9.49. The fourth-order valence-corrected chi connectivity index (χ4v) is 13.9. The van der Waals surface area contributed by atoms with Crippen molar-refractivity contribution < 1.29 is 67.4 Å². The second-order valence-electron chi connectivity index (χ2n) is 30.1. The number of carbonyl (C=O) groups is 13. The number of Topliss-reactive ketones (excluding diaryl/α,β-unsaturated/α-hetero) is 4. The predicted octanol–water partition coefficient (Wildman–Crippen LogP) is 6.67. The van der Waals surface area contributed by atoms with Crippen LogP contribution >= 0.6 is 0 Å². The third kappa shape index (κ3) is 24.5. The molecule has 23 heteroatoms. The van der Waals surface area contributed by atoms with Crippen molar-refractivity contribution in [3.05, 3.63) is 71.8 Å². The van der Waals surface area contributed by atoms with Gasteiger partial charge < -0.3 is 50.5 Å². The maximum Gasteiger partial charge on any atom is 0.246 e. The lowest BCUT2D eigenvalue weighted by molar-refractivity contribution is -0.152. The van der Waals surface area contributed by atoms with Gasteiger partial charge in [-0.25, -0.2) is 0 Å². The fourth-order valence-electron chi connectivity index (χ4n) is 13.9. The van der Waals surface area contributed by atoms with Gasteiger partial charge in [-0.15, -0.1) is 0 Å². The van der Waals surface area contributed by atoms with Gasteiger partial charge in [-0.3, -0.25) is 62.3 Å². The summed E-state index contributed by atoms with van der Waals surface area (Å²) < 4.78 is 0. The lowest BCUT2D eigenvalue weighted by Gasteiger charge is -2.38. The Balaban J connectivity index is 1.90. The number of rotatable bonds is 15. The van der Waals surface area contributed by atoms with E-state index in [4.69, 9.17) is 0 Å². The summed E-state index contributed by atoms with van der Waals surface area (Å²) >= 11 is 0. The van der Waals surface area contributed by atoms with Crippen LogP contribution in [0.1, 0.15) is 178 Å². The third-order valence-electron chi connectivity index (χ3n) is 20.1. The lowest BCUT2D eigenvalue weighted by atomic mass is 9.85. The highest BCUT2D eigenvalue weighted by molar-refractivity contribution is 6.00. The summed E-state index contributed by atoms with van der Waals surface area (Å²) in [5.41, 5.74) is 1.34. The van der Waals surface area contributed by atoms with Crippen LogP contribution in [0.5, 0.6) is 0 Å². The standard InChI is InChI=1S/C77H119N9O14/c1-19-50(10)70-77(100)83(16)62(37-48(6)7)72(95)78-45-68(93)81(14)52(12)71(94)80-60(39-55-31-25-21-26-32-55)64(89)44-59(53(13)87)76(99)82(15)61(36-47(4)5)65(90)41-57(38-54-29-23-20-24-30-54)74(97)84(17)69(49(8)9)66(91)42-58(75(98)86-33-27-22-28-34-86)43-67(92)79-51(11)63(88)40-56(35-46(2)3)73(96)85(70)18/h20-21,23-26,29-32,46-53,56-62,69-70,87H,19,22,27-28,33-45H2,1-18H3,(H,78,95)(H,79,92)(H,80,94)/t50-,51-,52-,53+,56+,57+,58-,59-,60-,61-,62-,69-,70-/m0/s1. The molecule has 0 saturated carbocycles. The summed E-state index contributed by atoms with van der Waals surface area (Å²) in [5.74, 6) is -13.9. The van der Waals surface area contributed by atoms with Gasteiger partial charge in [-0.05, 0) is 113 Å². The number of piperidine rings is 1. The Labute approximate surface area is 594 Å². The Hall–Kier alpha value is -7.69. The van der Waals surface area contributed by atoms with E-state index in [1.165, 1.54) is 75.6 Å². The van der Waals surface area contributed by atoms with E-state index in [0.717, 1.165) is 11.3 Å². The third-order valence-corrected chi connectivity index (χ3v) is 20.1. The number of nitrogens with zero attached hydrogens (tertiary/aromatic N) is 6. The molecule has 100 heavy (non-hydrogen) atoms. The van der Waals surface area contributed by atoms with Crippen LogP contribution in [0.25, 0.3) is 0 Å². The lowest BCUT2D eigenvalue weighted by Crippen LogP contribution is -2.58. The first-order valence-corrected chi connectivity index (χ1v) is 36.3. The summed E-state index contributed by atoms with van der Waals surface area (Å²) in [7, 11) is 7.20. The number of aliphatic hydroxyl groups is 1. The molecule has 2 fully saturated rings. The van der Waals surface area contributed by atoms with Crippen LogP contribution in [-0.4, -0.2) is 214 Å². The molecule has 2 saturated heterocycles. The van der Waals surface area contributed by atoms with Crippen molar-refractivity contribution in [1.29, 1.82) is 0 Å². The maximum atomic E-state index is 15.3. The Morgan fingerprint density at radius 3 is 1.55 bits per heavy atom. The molecule has 0 spiro atoms. The van der Waals surface area contributed by atoms with Gasteiger partial charge in [-0.2, -0.15) is 0 Å². The molecule has 2 aliphatic rings. The van der Waals surface area contributed by atoms with Crippen LogP contribution in [0, 0.1) is 53.3 Å². The average Bonchev–Trinajstić information content (AvgIpc) is 0.821. The number of nitrogens with one attached hydrogen (secondary N) is 3. The van der Waals surface area contributed by atoms with Crippen LogP contribution in [0.4, 0.5) is 0 Å². The molecule has 0 radical (unpaired) electrons. The topological polar surface area (TPSA) is 298 Å². The summed E-state index contributed by atoms with van der Waals surface area (Å²) in [4.78, 5) is 199. The van der Waals surface area contributed by atoms with Crippen LogP contribution in [-0.2, 0) is 75.2 Å². The molecule has 0 bridgehead atoms. The second kappa shape index (κ2) is 40.1. The van der Waals surface area contributed by atoms with E-state index in [1.54, 1.807) is 61.2 Å². The molecule has 0 aliphatic carbocycles. The Morgan fingerprint density at radius 1 is 0.510 bits per heavy atom. The molecular weight excluding hydrogens is 1270 g/mol. The molecule has 23 nitrogen and oxygen atoms in total. The normalized spacial score (nSPS) is 26.5. The van der Waals surface area contributed by atoms with Crippen LogP contribution in [0.2, 0.25) is 0 Å². The number of likely N-dealkylation sites (tertiary alicyclic amines) is 1. The number of benzene rings is 2. The van der Waals surface area contributed by atoms with Crippen molar-refractivity contribution in [1.82, 2.24) is 45.3 Å². The number of aliphatic hydroxyl groups excluding tert-OH is 1. The Kier molecular flexibility index (Phi) is 34.0. The molecular formula is C77H119N9O14. The molecule has 2 heterocycles. The van der Waals surface area contributed by atoms with E-state index >= 15 is 19.2 Å². The minimum atomic E-state index is -1.45. The molecule has 9 amide bonds. The highest BCUT2D eigenvalue weighted by Crippen LogP contribution is 2.30. The zero-order chi connectivity index (χ0) is 75.2.